The monoisotopic (exact) mass is 253 g/mol. The first-order valence-corrected chi connectivity index (χ1v) is 5.95. The lowest BCUT2D eigenvalue weighted by Gasteiger charge is -2.18. The van der Waals surface area contributed by atoms with E-state index in [4.69, 9.17) is 5.73 Å². The second kappa shape index (κ2) is 6.75. The van der Waals surface area contributed by atoms with Crippen LogP contribution in [0.15, 0.2) is 12.1 Å². The highest BCUT2D eigenvalue weighted by Crippen LogP contribution is 2.22. The summed E-state index contributed by atoms with van der Waals surface area (Å²) in [5.41, 5.74) is 5.48. The fourth-order valence-electron chi connectivity index (χ4n) is 1.62. The van der Waals surface area contributed by atoms with Crippen molar-refractivity contribution in [2.45, 2.75) is 13.8 Å². The Hall–Kier alpha value is -1.89. The third-order valence-corrected chi connectivity index (χ3v) is 2.71. The number of anilines is 2. The molecule has 0 atom stereocenters. The number of hydrogen-bond donors (Lipinski definition) is 2. The lowest BCUT2D eigenvalue weighted by molar-refractivity contribution is -0.384. The summed E-state index contributed by atoms with van der Waals surface area (Å²) in [4.78, 5) is 16.5. The van der Waals surface area contributed by atoms with Gasteiger partial charge in [-0.05, 0) is 19.2 Å². The number of nitrogens with one attached hydrogen (secondary N) is 1. The highest BCUT2D eigenvalue weighted by molar-refractivity contribution is 5.59. The summed E-state index contributed by atoms with van der Waals surface area (Å²) < 4.78 is 0. The van der Waals surface area contributed by atoms with E-state index in [1.54, 1.807) is 0 Å². The quantitative estimate of drug-likeness (QED) is 0.562. The normalized spacial score (nSPS) is 10.6. The van der Waals surface area contributed by atoms with Gasteiger partial charge in [-0.15, -0.1) is 0 Å². The lowest BCUT2D eigenvalue weighted by atomic mass is 10.3. The predicted octanol–water partition coefficient (Wildman–Crippen LogP) is 1.33. The summed E-state index contributed by atoms with van der Waals surface area (Å²) in [7, 11) is 0. The molecule has 0 saturated carbocycles. The molecule has 1 rings (SSSR count). The molecule has 1 heterocycles. The molecule has 0 bridgehead atoms. The van der Waals surface area contributed by atoms with E-state index in [1.807, 2.05) is 0 Å². The third kappa shape index (κ3) is 3.85. The maximum atomic E-state index is 10.8. The SMILES string of the molecule is CCN(CC)CCNc1nc(N)ccc1[N+](=O)[O-]. The van der Waals surface area contributed by atoms with Gasteiger partial charge in [0.05, 0.1) is 4.92 Å². The Labute approximate surface area is 106 Å². The molecular formula is C11H19N5O2. The maximum Gasteiger partial charge on any atom is 0.311 e. The van der Waals surface area contributed by atoms with Crippen molar-refractivity contribution in [3.05, 3.63) is 22.2 Å². The number of nitro groups is 1. The first-order chi connectivity index (χ1) is 8.58. The Bertz CT molecular complexity index is 406. The number of likely N-dealkylation sites (N-methyl/N-ethyl adjacent to an activating group) is 1. The Kier molecular flexibility index (Phi) is 5.31. The van der Waals surface area contributed by atoms with Crippen LogP contribution >= 0.6 is 0 Å². The van der Waals surface area contributed by atoms with Crippen molar-refractivity contribution in [1.82, 2.24) is 9.88 Å². The van der Waals surface area contributed by atoms with Crippen molar-refractivity contribution < 1.29 is 4.92 Å². The molecule has 7 nitrogen and oxygen atoms in total. The van der Waals surface area contributed by atoms with E-state index in [0.29, 0.717) is 6.54 Å². The number of nitrogens with zero attached hydrogens (tertiary/aromatic N) is 3. The Morgan fingerprint density at radius 2 is 2.11 bits per heavy atom. The molecule has 18 heavy (non-hydrogen) atoms. The number of rotatable bonds is 7. The average Bonchev–Trinajstić information content (AvgIpc) is 2.34. The van der Waals surface area contributed by atoms with Gasteiger partial charge < -0.3 is 16.0 Å². The lowest BCUT2D eigenvalue weighted by Crippen LogP contribution is -2.28. The molecule has 0 aliphatic heterocycles. The number of aromatic nitrogens is 1. The van der Waals surface area contributed by atoms with Crippen LogP contribution in [0.3, 0.4) is 0 Å². The predicted molar refractivity (Wildman–Crippen MR) is 71.6 cm³/mol. The zero-order chi connectivity index (χ0) is 13.5. The molecule has 0 aliphatic carbocycles. The van der Waals surface area contributed by atoms with Gasteiger partial charge >= 0.3 is 5.69 Å². The van der Waals surface area contributed by atoms with Crippen LogP contribution in [0.25, 0.3) is 0 Å². The number of nitrogen functional groups attached to an aromatic ring is 1. The fraction of sp³-hybridized carbons (Fsp3) is 0.545. The van der Waals surface area contributed by atoms with Gasteiger partial charge in [0.25, 0.3) is 0 Å². The van der Waals surface area contributed by atoms with Crippen LogP contribution in [0, 0.1) is 10.1 Å². The van der Waals surface area contributed by atoms with Crippen molar-refractivity contribution in [3.63, 3.8) is 0 Å². The molecule has 0 saturated heterocycles. The molecule has 0 fully saturated rings. The molecule has 0 unspecified atom stereocenters. The smallest absolute Gasteiger partial charge is 0.311 e. The Morgan fingerprint density at radius 3 is 2.67 bits per heavy atom. The van der Waals surface area contributed by atoms with Gasteiger partial charge in [0, 0.05) is 19.2 Å². The van der Waals surface area contributed by atoms with Crippen LogP contribution in [0.5, 0.6) is 0 Å². The van der Waals surface area contributed by atoms with Gasteiger partial charge in [-0.2, -0.15) is 0 Å². The average molecular weight is 253 g/mol. The number of hydrogen-bond acceptors (Lipinski definition) is 6. The number of pyridine rings is 1. The minimum absolute atomic E-state index is 0.0521. The number of nitrogens with two attached hydrogens (primary N) is 1. The van der Waals surface area contributed by atoms with Crippen molar-refractivity contribution >= 4 is 17.3 Å². The summed E-state index contributed by atoms with van der Waals surface area (Å²) in [6.45, 7) is 7.45. The van der Waals surface area contributed by atoms with Crippen molar-refractivity contribution in [1.29, 1.82) is 0 Å². The Morgan fingerprint density at radius 1 is 1.44 bits per heavy atom. The molecular weight excluding hydrogens is 234 g/mol. The summed E-state index contributed by atoms with van der Waals surface area (Å²) in [6.07, 6.45) is 0. The molecule has 7 heteroatoms. The topological polar surface area (TPSA) is 97.3 Å². The standard InChI is InChI=1S/C11H19N5O2/c1-3-15(4-2)8-7-13-11-9(16(17)18)5-6-10(12)14-11/h5-6H,3-4,7-8H2,1-2H3,(H3,12,13,14). The second-order valence-corrected chi connectivity index (χ2v) is 3.81. The molecule has 0 radical (unpaired) electrons. The van der Waals surface area contributed by atoms with E-state index in [-0.39, 0.29) is 17.3 Å². The molecule has 1 aromatic heterocycles. The van der Waals surface area contributed by atoms with E-state index in [1.165, 1.54) is 12.1 Å². The molecule has 3 N–H and O–H groups in total. The second-order valence-electron chi connectivity index (χ2n) is 3.81. The maximum absolute atomic E-state index is 10.8. The van der Waals surface area contributed by atoms with Crippen LogP contribution in [-0.2, 0) is 0 Å². The van der Waals surface area contributed by atoms with E-state index < -0.39 is 4.92 Å². The van der Waals surface area contributed by atoms with E-state index >= 15 is 0 Å². The Balaban J connectivity index is 2.66. The van der Waals surface area contributed by atoms with Gasteiger partial charge in [0.15, 0.2) is 0 Å². The largest absolute Gasteiger partial charge is 0.384 e. The molecule has 0 spiro atoms. The zero-order valence-electron chi connectivity index (χ0n) is 10.7. The minimum atomic E-state index is -0.466. The van der Waals surface area contributed by atoms with Gasteiger partial charge in [-0.3, -0.25) is 10.1 Å². The summed E-state index contributed by atoms with van der Waals surface area (Å²) in [6, 6.07) is 2.79. The highest BCUT2D eigenvalue weighted by atomic mass is 16.6. The van der Waals surface area contributed by atoms with E-state index in [2.05, 4.69) is 29.0 Å². The minimum Gasteiger partial charge on any atom is -0.384 e. The third-order valence-electron chi connectivity index (χ3n) is 2.71. The van der Waals surface area contributed by atoms with Crippen LogP contribution in [-0.4, -0.2) is 41.0 Å². The van der Waals surface area contributed by atoms with Gasteiger partial charge in [-0.25, -0.2) is 4.98 Å². The van der Waals surface area contributed by atoms with Crippen LogP contribution in [0.4, 0.5) is 17.3 Å². The van der Waals surface area contributed by atoms with Gasteiger partial charge in [0.1, 0.15) is 5.82 Å². The van der Waals surface area contributed by atoms with Gasteiger partial charge in [0.2, 0.25) is 5.82 Å². The fourth-order valence-corrected chi connectivity index (χ4v) is 1.62. The molecule has 100 valence electrons. The van der Waals surface area contributed by atoms with Crippen LogP contribution < -0.4 is 11.1 Å². The van der Waals surface area contributed by atoms with Crippen molar-refractivity contribution in [3.8, 4) is 0 Å². The van der Waals surface area contributed by atoms with E-state index in [0.717, 1.165) is 19.6 Å². The molecule has 1 aromatic rings. The summed E-state index contributed by atoms with van der Waals surface area (Å²) >= 11 is 0. The van der Waals surface area contributed by atoms with E-state index in [9.17, 15) is 10.1 Å². The van der Waals surface area contributed by atoms with Crippen molar-refractivity contribution in [2.75, 3.05) is 37.2 Å². The van der Waals surface area contributed by atoms with Crippen molar-refractivity contribution in [2.24, 2.45) is 0 Å². The molecule has 0 amide bonds. The van der Waals surface area contributed by atoms with Crippen LogP contribution in [0.2, 0.25) is 0 Å². The summed E-state index contributed by atoms with van der Waals surface area (Å²) in [5.74, 6) is 0.498. The summed E-state index contributed by atoms with van der Waals surface area (Å²) in [5, 5.41) is 13.8. The highest BCUT2D eigenvalue weighted by Gasteiger charge is 2.15. The first-order valence-electron chi connectivity index (χ1n) is 5.95. The van der Waals surface area contributed by atoms with Crippen LogP contribution in [0.1, 0.15) is 13.8 Å². The molecule has 0 aromatic carbocycles. The first kappa shape index (κ1) is 14.2. The molecule has 0 aliphatic rings. The zero-order valence-corrected chi connectivity index (χ0v) is 10.7. The van der Waals surface area contributed by atoms with Gasteiger partial charge in [-0.1, -0.05) is 13.8 Å².